The maximum absolute atomic E-state index is 13.2. The van der Waals surface area contributed by atoms with Crippen molar-refractivity contribution in [3.63, 3.8) is 0 Å². The monoisotopic (exact) mass is 501 g/mol. The summed E-state index contributed by atoms with van der Waals surface area (Å²) in [6.45, 7) is 3.10. The number of morpholine rings is 1. The van der Waals surface area contributed by atoms with Gasteiger partial charge in [0.05, 0.1) is 25.2 Å². The van der Waals surface area contributed by atoms with Gasteiger partial charge in [-0.3, -0.25) is 4.79 Å². The van der Waals surface area contributed by atoms with Crippen molar-refractivity contribution in [2.24, 2.45) is 0 Å². The maximum Gasteiger partial charge on any atom is 0.252 e. The van der Waals surface area contributed by atoms with Gasteiger partial charge in [0, 0.05) is 36.4 Å². The van der Waals surface area contributed by atoms with Gasteiger partial charge in [0.2, 0.25) is 0 Å². The fraction of sp³-hybridized carbons (Fsp3) is 0.241. The third-order valence-electron chi connectivity index (χ3n) is 6.33. The molecule has 4 aromatic rings. The van der Waals surface area contributed by atoms with Crippen molar-refractivity contribution in [2.45, 2.75) is 32.1 Å². The van der Waals surface area contributed by atoms with Gasteiger partial charge in [-0.05, 0) is 60.0 Å². The molecular formula is C29H28ClN3O3. The summed E-state index contributed by atoms with van der Waals surface area (Å²) in [5.41, 5.74) is 4.97. The molecule has 5 rings (SSSR count). The van der Waals surface area contributed by atoms with E-state index in [-0.39, 0.29) is 12.0 Å². The van der Waals surface area contributed by atoms with E-state index in [1.54, 1.807) is 13.4 Å². The lowest BCUT2D eigenvalue weighted by Crippen LogP contribution is -2.51. The van der Waals surface area contributed by atoms with E-state index in [9.17, 15) is 4.79 Å². The second-order valence-electron chi connectivity index (χ2n) is 9.04. The fourth-order valence-corrected chi connectivity index (χ4v) is 4.72. The average molecular weight is 502 g/mol. The summed E-state index contributed by atoms with van der Waals surface area (Å²) < 4.78 is 13.2. The van der Waals surface area contributed by atoms with E-state index < -0.39 is 6.10 Å². The number of methoxy groups -OCH3 is 1. The van der Waals surface area contributed by atoms with Crippen molar-refractivity contribution >= 4 is 17.5 Å². The van der Waals surface area contributed by atoms with Gasteiger partial charge in [0.15, 0.2) is 0 Å². The number of imidazole rings is 1. The van der Waals surface area contributed by atoms with Gasteiger partial charge < -0.3 is 18.9 Å². The van der Waals surface area contributed by atoms with Crippen LogP contribution in [0.4, 0.5) is 0 Å². The van der Waals surface area contributed by atoms with Crippen molar-refractivity contribution < 1.29 is 14.3 Å². The number of hydrogen-bond donors (Lipinski definition) is 0. The topological polar surface area (TPSA) is 56.6 Å². The Balaban J connectivity index is 1.29. The molecule has 0 N–H and O–H groups in total. The van der Waals surface area contributed by atoms with E-state index in [4.69, 9.17) is 21.1 Å². The predicted molar refractivity (Wildman–Crippen MR) is 140 cm³/mol. The summed E-state index contributed by atoms with van der Waals surface area (Å²) in [7, 11) is 1.64. The first kappa shape index (κ1) is 24.1. The fourth-order valence-electron chi connectivity index (χ4n) is 4.53. The Hall–Kier alpha value is -3.61. The highest BCUT2D eigenvalue weighted by Gasteiger charge is 2.33. The lowest BCUT2D eigenvalue weighted by molar-refractivity contribution is -0.161. The molecule has 6 nitrogen and oxygen atoms in total. The van der Waals surface area contributed by atoms with Crippen molar-refractivity contribution in [3.8, 4) is 22.6 Å². The van der Waals surface area contributed by atoms with Gasteiger partial charge in [0.25, 0.3) is 5.91 Å². The van der Waals surface area contributed by atoms with Crippen molar-refractivity contribution in [1.82, 2.24) is 14.5 Å². The van der Waals surface area contributed by atoms with Crippen LogP contribution in [0.2, 0.25) is 5.02 Å². The third kappa shape index (κ3) is 5.45. The molecule has 36 heavy (non-hydrogen) atoms. The second-order valence-corrected chi connectivity index (χ2v) is 9.48. The highest BCUT2D eigenvalue weighted by Crippen LogP contribution is 2.25. The first-order valence-electron chi connectivity index (χ1n) is 11.9. The largest absolute Gasteiger partial charge is 0.497 e. The lowest BCUT2D eigenvalue weighted by Gasteiger charge is -2.36. The van der Waals surface area contributed by atoms with Crippen molar-refractivity contribution in [3.05, 3.63) is 102 Å². The highest BCUT2D eigenvalue weighted by atomic mass is 35.5. The Bertz CT molecular complexity index is 1350. The van der Waals surface area contributed by atoms with Gasteiger partial charge in [-0.1, -0.05) is 48.0 Å². The first-order valence-corrected chi connectivity index (χ1v) is 12.3. The molecule has 0 bridgehead atoms. The summed E-state index contributed by atoms with van der Waals surface area (Å²) in [5, 5.41) is 0.704. The van der Waals surface area contributed by atoms with E-state index in [1.807, 2.05) is 83.3 Å². The summed E-state index contributed by atoms with van der Waals surface area (Å²) in [4.78, 5) is 19.7. The number of amides is 1. The molecular weight excluding hydrogens is 474 g/mol. The third-order valence-corrected chi connectivity index (χ3v) is 6.56. The molecule has 1 aromatic heterocycles. The van der Waals surface area contributed by atoms with Crippen LogP contribution in [0.1, 0.15) is 18.2 Å². The van der Waals surface area contributed by atoms with Gasteiger partial charge in [-0.25, -0.2) is 4.98 Å². The Morgan fingerprint density at radius 3 is 2.56 bits per heavy atom. The molecule has 7 heteroatoms. The number of carbonyl (C=O) groups is 1. The molecule has 1 amide bonds. The zero-order valence-corrected chi connectivity index (χ0v) is 21.1. The van der Waals surface area contributed by atoms with Crippen LogP contribution in [0.15, 0.2) is 85.3 Å². The number of aromatic nitrogens is 2. The molecule has 0 spiro atoms. The Morgan fingerprint density at radius 1 is 1.06 bits per heavy atom. The lowest BCUT2D eigenvalue weighted by atomic mass is 10.1. The molecule has 1 fully saturated rings. The highest BCUT2D eigenvalue weighted by molar-refractivity contribution is 6.30. The molecule has 2 heterocycles. The predicted octanol–water partition coefficient (Wildman–Crippen LogP) is 5.56. The first-order chi connectivity index (χ1) is 17.5. The van der Waals surface area contributed by atoms with Gasteiger partial charge >= 0.3 is 0 Å². The van der Waals surface area contributed by atoms with E-state index in [2.05, 4.69) is 17.1 Å². The zero-order valence-electron chi connectivity index (χ0n) is 20.3. The summed E-state index contributed by atoms with van der Waals surface area (Å²) in [6.07, 6.45) is 3.54. The minimum absolute atomic E-state index is 0.0126. The molecule has 0 radical (unpaired) electrons. The summed E-state index contributed by atoms with van der Waals surface area (Å²) >= 11 is 6.17. The van der Waals surface area contributed by atoms with Crippen LogP contribution in [0.3, 0.4) is 0 Å². The van der Waals surface area contributed by atoms with Crippen LogP contribution in [-0.4, -0.2) is 46.2 Å². The smallest absolute Gasteiger partial charge is 0.252 e. The molecule has 0 aliphatic carbocycles. The molecule has 184 valence electrons. The molecule has 1 aliphatic heterocycles. The number of halogens is 1. The molecule has 2 atom stereocenters. The minimum Gasteiger partial charge on any atom is -0.497 e. The van der Waals surface area contributed by atoms with E-state index in [0.29, 0.717) is 24.5 Å². The van der Waals surface area contributed by atoms with Gasteiger partial charge in [-0.2, -0.15) is 0 Å². The number of ether oxygens (including phenoxy) is 2. The van der Waals surface area contributed by atoms with E-state index in [1.165, 1.54) is 0 Å². The zero-order chi connectivity index (χ0) is 25.1. The number of hydrogen-bond acceptors (Lipinski definition) is 4. The Labute approximate surface area is 216 Å². The number of carbonyl (C=O) groups excluding carboxylic acids is 1. The second kappa shape index (κ2) is 10.6. The van der Waals surface area contributed by atoms with Crippen molar-refractivity contribution in [1.29, 1.82) is 0 Å². The molecule has 0 saturated carbocycles. The van der Waals surface area contributed by atoms with Gasteiger partial charge in [-0.15, -0.1) is 0 Å². The van der Waals surface area contributed by atoms with Crippen LogP contribution < -0.4 is 4.74 Å². The average Bonchev–Trinajstić information content (AvgIpc) is 3.36. The van der Waals surface area contributed by atoms with E-state index in [0.717, 1.165) is 33.8 Å². The summed E-state index contributed by atoms with van der Waals surface area (Å²) in [6, 6.07) is 23.8. The van der Waals surface area contributed by atoms with E-state index >= 15 is 0 Å². The quantitative estimate of drug-likeness (QED) is 0.332. The van der Waals surface area contributed by atoms with Crippen LogP contribution in [0.5, 0.6) is 5.75 Å². The minimum atomic E-state index is -0.562. The Morgan fingerprint density at radius 2 is 1.81 bits per heavy atom. The Kier molecular flexibility index (Phi) is 7.07. The molecule has 2 unspecified atom stereocenters. The maximum atomic E-state index is 13.2. The number of rotatable bonds is 7. The molecule has 1 aliphatic rings. The van der Waals surface area contributed by atoms with Crippen LogP contribution in [-0.2, 0) is 22.5 Å². The normalized spacial score (nSPS) is 17.9. The number of nitrogens with zero attached hydrogens (tertiary/aromatic N) is 3. The standard InChI is InChI=1S/C29H28ClN3O3/c1-20-16-32(17-21-9-11-27(35-2)12-10-21)29(34)28(36-20)15-25-18-33(19-31-25)26-8-4-6-23(14-26)22-5-3-7-24(30)13-22/h3-14,18-20,28H,15-17H2,1-2H3. The summed E-state index contributed by atoms with van der Waals surface area (Å²) in [5.74, 6) is 0.786. The van der Waals surface area contributed by atoms with Gasteiger partial charge in [0.1, 0.15) is 11.9 Å². The van der Waals surface area contributed by atoms with Crippen LogP contribution in [0.25, 0.3) is 16.8 Å². The van der Waals surface area contributed by atoms with Crippen molar-refractivity contribution in [2.75, 3.05) is 13.7 Å². The molecule has 3 aromatic carbocycles. The SMILES string of the molecule is COc1ccc(CN2CC(C)OC(Cc3cn(-c4cccc(-c5cccc(Cl)c5)c4)cn3)C2=O)cc1. The molecule has 1 saturated heterocycles. The van der Waals surface area contributed by atoms with Crippen LogP contribution in [0, 0.1) is 0 Å². The number of benzene rings is 3. The van der Waals surface area contributed by atoms with Crippen LogP contribution >= 0.6 is 11.6 Å².